The summed E-state index contributed by atoms with van der Waals surface area (Å²) >= 11 is 26.4. The van der Waals surface area contributed by atoms with Crippen LogP contribution in [-0.2, 0) is 37.1 Å². The summed E-state index contributed by atoms with van der Waals surface area (Å²) in [4.78, 5) is 98.1. The van der Waals surface area contributed by atoms with Crippen molar-refractivity contribution >= 4 is 212 Å². The van der Waals surface area contributed by atoms with E-state index in [1.54, 1.807) is 37.3 Å². The van der Waals surface area contributed by atoms with Gasteiger partial charge in [0.15, 0.2) is 40.8 Å². The van der Waals surface area contributed by atoms with Gasteiger partial charge in [-0.2, -0.15) is 151 Å². The SMILES string of the molecule is C[C@H](NC(=O)c1cc(C(F)(F)F)cc(C(F)(F)F)c1)C(=Nc1ccc(Cl)cn1)N=C(N)C(F)(F)F.C[C@H](NC(=O)c1cc(C(F)(F)F)cc(C(F)(F)F)c1)C(N=CN)=Nc1ncc(C(F)(F)F)cn1.C[C@H](NC(=O)c1cc(Cl)cc(Br)c1)C(N=CN)=Nc1ccc(Cl)cn1.C[C@H](NC(=O)c1cc(Cl)cc(C(F)(F)F)c1)C(N=CN)=Nc1ccc(F)cn1.S.S.S.S. The fraction of sp³-hybridized carbons (Fsp3) is 0.214. The van der Waals surface area contributed by atoms with Crippen molar-refractivity contribution in [2.75, 3.05) is 0 Å². The molecule has 4 amide bonds. The Hall–Kier alpha value is -10.7. The number of nitrogens with two attached hydrogens (primary N) is 4. The van der Waals surface area contributed by atoms with E-state index in [9.17, 15) is 116 Å². The van der Waals surface area contributed by atoms with Crippen LogP contribution < -0.4 is 44.2 Å². The summed E-state index contributed by atoms with van der Waals surface area (Å²) < 4.78 is 285. The van der Waals surface area contributed by atoms with Gasteiger partial charge in [0.05, 0.1) is 92.8 Å². The van der Waals surface area contributed by atoms with Crippen molar-refractivity contribution in [3.8, 4) is 0 Å². The molecule has 8 aromatic rings. The Morgan fingerprint density at radius 3 is 0.944 bits per heavy atom. The number of hydrogen-bond donors (Lipinski definition) is 8. The van der Waals surface area contributed by atoms with E-state index in [4.69, 9.17) is 69.3 Å². The van der Waals surface area contributed by atoms with Gasteiger partial charge in [-0.05, 0) is 137 Å². The van der Waals surface area contributed by atoms with Gasteiger partial charge in [-0.3, -0.25) is 19.2 Å². The second-order valence-corrected chi connectivity index (χ2v) is 26.4. The minimum atomic E-state index is -5.22. The topological polar surface area (TPSA) is 384 Å². The molecule has 684 valence electrons. The molecule has 4 aromatic carbocycles. The molecule has 4 aromatic heterocycles. The Bertz CT molecular complexity index is 5210. The van der Waals surface area contributed by atoms with Crippen LogP contribution in [0.25, 0.3) is 0 Å². The first kappa shape index (κ1) is 113. The summed E-state index contributed by atoms with van der Waals surface area (Å²) in [5.41, 5.74) is 9.62. The number of carbonyl (C=O) groups is 4. The van der Waals surface area contributed by atoms with Crippen LogP contribution in [-0.4, -0.2) is 127 Å². The standard InChI is InChI=1S/C19H13ClF9N5O.C18H13F9N6O.C17H14ClF4N5O.C16H14BrCl2N5O.4H2S/c1-8(14(34-16(30)19(27,28)29)33-13-3-2-12(20)7-31-13)32-15(35)9-4-10(17(21,22)23)6-11(5-9)18(24,25)26;1-8(13(31-7-28)33-15-29-5-12(6-30-15)18(25,26)27)32-14(34)9-2-10(16(19,20)21)4-11(3-9)17(22,23)24;1-9(15(25-8-23)27-14-3-2-13(19)7-24-14)26-16(28)10-4-11(17(20,21)22)6-12(18)5-10;1-9(23-16(25)10-4-11(17)6-13(19)5-10)15(22-8-20)24-14-3-2-12(18)7-21-14;;;;/h2-8H,1H3,(H,32,35)(H2,30,31,33,34);2-8H,1H3,(H,32,34)(H2,28,29,30,31,33);2-9H,1H3,(H,26,28)(H2,23,24,25,27);2-9H,1H3,(H,23,25)(H2,20,21,22,24);4*1H2/t2*8-;2*9-;;;;/m0000..../s1. The molecule has 56 heteroatoms. The van der Waals surface area contributed by atoms with E-state index < -0.39 is 159 Å². The zero-order chi connectivity index (χ0) is 92.0. The predicted octanol–water partition coefficient (Wildman–Crippen LogP) is 18.1. The molecule has 0 fully saturated rings. The highest BCUT2D eigenvalue weighted by atomic mass is 79.9. The normalized spacial score (nSPS) is 13.5. The summed E-state index contributed by atoms with van der Waals surface area (Å²) in [7, 11) is 0. The lowest BCUT2D eigenvalue weighted by atomic mass is 10.0. The molecule has 8 rings (SSSR count). The number of nitrogens with zero attached hydrogens (tertiary/aromatic N) is 13. The number of pyridine rings is 3. The van der Waals surface area contributed by atoms with E-state index >= 15 is 0 Å². The van der Waals surface area contributed by atoms with Crippen LogP contribution in [0.4, 0.5) is 120 Å². The van der Waals surface area contributed by atoms with E-state index in [1.165, 1.54) is 38.2 Å². The number of halogens is 27. The van der Waals surface area contributed by atoms with E-state index in [0.29, 0.717) is 62.6 Å². The maximum absolute atomic E-state index is 13.0. The van der Waals surface area contributed by atoms with Crippen LogP contribution in [0.5, 0.6) is 0 Å². The summed E-state index contributed by atoms with van der Waals surface area (Å²) in [5.74, 6) is -7.59. The lowest BCUT2D eigenvalue weighted by Gasteiger charge is -2.17. The number of aliphatic imine (C=N–C) groups is 8. The molecule has 126 heavy (non-hydrogen) atoms. The number of nitrogens with one attached hydrogen (secondary N) is 4. The van der Waals surface area contributed by atoms with Gasteiger partial charge in [0, 0.05) is 61.6 Å². The Labute approximate surface area is 753 Å². The van der Waals surface area contributed by atoms with Crippen molar-refractivity contribution in [3.63, 3.8) is 0 Å². The molecule has 4 atom stereocenters. The van der Waals surface area contributed by atoms with Crippen LogP contribution >= 0.6 is 116 Å². The van der Waals surface area contributed by atoms with E-state index in [2.05, 4.69) is 96.7 Å². The third-order valence-electron chi connectivity index (χ3n) is 14.4. The third kappa shape index (κ3) is 37.1. The lowest BCUT2D eigenvalue weighted by molar-refractivity contribution is -0.144. The van der Waals surface area contributed by atoms with E-state index in [0.717, 1.165) is 44.1 Å². The van der Waals surface area contributed by atoms with Gasteiger partial charge in [0.1, 0.15) is 5.82 Å². The van der Waals surface area contributed by atoms with Crippen LogP contribution in [0.3, 0.4) is 0 Å². The summed E-state index contributed by atoms with van der Waals surface area (Å²) in [6.07, 6.45) is -28.2. The minimum absolute atomic E-state index is 0. The summed E-state index contributed by atoms with van der Waals surface area (Å²) in [6.45, 7) is 5.44. The van der Waals surface area contributed by atoms with Gasteiger partial charge in [0.25, 0.3) is 29.6 Å². The zero-order valence-corrected chi connectivity index (χ0v) is 71.9. The van der Waals surface area contributed by atoms with Crippen LogP contribution in [0.15, 0.2) is 185 Å². The number of amidine groups is 5. The molecule has 0 bridgehead atoms. The number of carbonyl (C=O) groups excluding carboxylic acids is 4. The first-order chi connectivity index (χ1) is 56.4. The molecular formula is C70H62BrCl4F22N21O4S4. The highest BCUT2D eigenvalue weighted by Crippen LogP contribution is 2.39. The Kier molecular flexibility index (Phi) is 44.0. The lowest BCUT2D eigenvalue weighted by Crippen LogP contribution is -2.40. The van der Waals surface area contributed by atoms with Crippen molar-refractivity contribution in [1.29, 1.82) is 0 Å². The molecule has 0 saturated carbocycles. The van der Waals surface area contributed by atoms with E-state index in [1.807, 2.05) is 5.32 Å². The van der Waals surface area contributed by atoms with Gasteiger partial charge in [0.2, 0.25) is 5.84 Å². The first-order valence-electron chi connectivity index (χ1n) is 32.8. The Balaban J connectivity index is 0.000000838. The van der Waals surface area contributed by atoms with Crippen LogP contribution in [0.1, 0.15) is 103 Å². The van der Waals surface area contributed by atoms with Crippen molar-refractivity contribution in [1.82, 2.24) is 46.2 Å². The number of amides is 4. The molecule has 25 nitrogen and oxygen atoms in total. The zero-order valence-electron chi connectivity index (χ0n) is 63.3. The average molecular weight is 2030 g/mol. The van der Waals surface area contributed by atoms with Gasteiger partial charge in [-0.1, -0.05) is 62.3 Å². The fourth-order valence-electron chi connectivity index (χ4n) is 8.75. The predicted molar refractivity (Wildman–Crippen MR) is 452 cm³/mol. The maximum atomic E-state index is 13.0. The monoisotopic (exact) mass is 2030 g/mol. The molecule has 4 heterocycles. The largest absolute Gasteiger partial charge is 0.449 e. The summed E-state index contributed by atoms with van der Waals surface area (Å²) in [5, 5.41) is 10.1. The number of benzene rings is 4. The molecule has 0 saturated heterocycles. The van der Waals surface area contributed by atoms with Crippen molar-refractivity contribution < 1.29 is 116 Å². The quantitative estimate of drug-likeness (QED) is 0.0254. The van der Waals surface area contributed by atoms with Crippen LogP contribution in [0, 0.1) is 5.82 Å². The molecule has 0 spiro atoms. The molecular weight excluding hydrogens is 1970 g/mol. The van der Waals surface area contributed by atoms with Gasteiger partial charge in [-0.25, -0.2) is 64.3 Å². The highest BCUT2D eigenvalue weighted by Gasteiger charge is 2.41. The molecule has 0 unspecified atom stereocenters. The molecule has 0 radical (unpaired) electrons. The minimum Gasteiger partial charge on any atom is -0.390 e. The van der Waals surface area contributed by atoms with Gasteiger partial charge >= 0.3 is 43.2 Å². The van der Waals surface area contributed by atoms with Gasteiger partial charge in [-0.15, -0.1) is 0 Å². The number of aromatic nitrogens is 5. The Morgan fingerprint density at radius 1 is 0.365 bits per heavy atom. The Morgan fingerprint density at radius 2 is 0.651 bits per heavy atom. The second-order valence-electron chi connectivity index (χ2n) is 23.7. The number of hydrogen-bond acceptors (Lipinski definition) is 13. The molecule has 0 aliphatic rings. The number of rotatable bonds is 16. The average Bonchev–Trinajstić information content (AvgIpc) is 0.798. The third-order valence-corrected chi connectivity index (χ3v) is 15.7. The van der Waals surface area contributed by atoms with Crippen LogP contribution in [0.2, 0.25) is 20.1 Å². The smallest absolute Gasteiger partial charge is 0.390 e. The molecule has 12 N–H and O–H groups in total. The maximum Gasteiger partial charge on any atom is 0.449 e. The molecule has 0 aliphatic heterocycles. The second kappa shape index (κ2) is 48.9. The highest BCUT2D eigenvalue weighted by molar-refractivity contribution is 9.10. The van der Waals surface area contributed by atoms with Crippen molar-refractivity contribution in [2.24, 2.45) is 62.9 Å². The fourth-order valence-corrected chi connectivity index (χ4v) is 10.1. The van der Waals surface area contributed by atoms with Crippen molar-refractivity contribution in [3.05, 3.63) is 226 Å². The number of alkyl halides is 21. The van der Waals surface area contributed by atoms with E-state index in [-0.39, 0.29) is 129 Å². The van der Waals surface area contributed by atoms with Crippen molar-refractivity contribution in [2.45, 2.75) is 95.1 Å². The molecule has 0 aliphatic carbocycles. The first-order valence-corrected chi connectivity index (χ1v) is 35.1. The van der Waals surface area contributed by atoms with Gasteiger partial charge < -0.3 is 44.2 Å². The summed E-state index contributed by atoms with van der Waals surface area (Å²) in [6, 6.07) is 11.7.